The molecule has 104 valence electrons. The van der Waals surface area contributed by atoms with E-state index in [1.807, 2.05) is 24.3 Å². The SMILES string of the molecule is COC(=O)c1ccc(CNC2CCCCCC2)cc1. The van der Waals surface area contributed by atoms with Crippen molar-refractivity contribution in [1.82, 2.24) is 5.32 Å². The number of hydrogen-bond acceptors (Lipinski definition) is 3. The molecule has 19 heavy (non-hydrogen) atoms. The maximum Gasteiger partial charge on any atom is 0.337 e. The monoisotopic (exact) mass is 261 g/mol. The predicted molar refractivity (Wildman–Crippen MR) is 76.1 cm³/mol. The molecule has 1 saturated carbocycles. The van der Waals surface area contributed by atoms with Crippen LogP contribution in [0.25, 0.3) is 0 Å². The fraction of sp³-hybridized carbons (Fsp3) is 0.562. The quantitative estimate of drug-likeness (QED) is 0.667. The normalized spacial score (nSPS) is 16.9. The van der Waals surface area contributed by atoms with Crippen LogP contribution in [0.15, 0.2) is 24.3 Å². The Hall–Kier alpha value is -1.35. The third kappa shape index (κ3) is 4.35. The van der Waals surface area contributed by atoms with E-state index in [4.69, 9.17) is 4.74 Å². The van der Waals surface area contributed by atoms with Crippen LogP contribution in [-0.2, 0) is 11.3 Å². The molecule has 3 nitrogen and oxygen atoms in total. The number of esters is 1. The molecule has 1 aromatic carbocycles. The number of carbonyl (C=O) groups is 1. The fourth-order valence-electron chi connectivity index (χ4n) is 2.62. The molecule has 1 N–H and O–H groups in total. The van der Waals surface area contributed by atoms with Gasteiger partial charge in [-0.2, -0.15) is 0 Å². The number of rotatable bonds is 4. The zero-order valence-electron chi connectivity index (χ0n) is 11.7. The summed E-state index contributed by atoms with van der Waals surface area (Å²) in [5.41, 5.74) is 1.83. The van der Waals surface area contributed by atoms with E-state index < -0.39 is 0 Å². The molecule has 0 saturated heterocycles. The van der Waals surface area contributed by atoms with Crippen LogP contribution < -0.4 is 5.32 Å². The van der Waals surface area contributed by atoms with Gasteiger partial charge in [-0.05, 0) is 30.5 Å². The van der Waals surface area contributed by atoms with Gasteiger partial charge < -0.3 is 10.1 Å². The summed E-state index contributed by atoms with van der Waals surface area (Å²) in [6.45, 7) is 0.881. The van der Waals surface area contributed by atoms with E-state index in [1.54, 1.807) is 0 Å². The van der Waals surface area contributed by atoms with Gasteiger partial charge in [-0.1, -0.05) is 37.8 Å². The van der Waals surface area contributed by atoms with Gasteiger partial charge in [0.15, 0.2) is 0 Å². The number of benzene rings is 1. The molecule has 1 aliphatic rings. The van der Waals surface area contributed by atoms with Crippen molar-refractivity contribution in [3.8, 4) is 0 Å². The zero-order chi connectivity index (χ0) is 13.5. The van der Waals surface area contributed by atoms with E-state index in [9.17, 15) is 4.79 Å². The minimum atomic E-state index is -0.275. The Morgan fingerprint density at radius 2 is 1.79 bits per heavy atom. The molecule has 3 heteroatoms. The first-order valence-electron chi connectivity index (χ1n) is 7.20. The van der Waals surface area contributed by atoms with Crippen LogP contribution in [-0.4, -0.2) is 19.1 Å². The number of methoxy groups -OCH3 is 1. The molecule has 0 aliphatic heterocycles. The van der Waals surface area contributed by atoms with Crippen molar-refractivity contribution in [1.29, 1.82) is 0 Å². The van der Waals surface area contributed by atoms with Crippen LogP contribution in [0.2, 0.25) is 0 Å². The van der Waals surface area contributed by atoms with Crippen LogP contribution >= 0.6 is 0 Å². The molecule has 0 radical (unpaired) electrons. The minimum Gasteiger partial charge on any atom is -0.465 e. The zero-order valence-corrected chi connectivity index (χ0v) is 11.7. The molecular formula is C16H23NO2. The first-order valence-corrected chi connectivity index (χ1v) is 7.20. The molecule has 0 spiro atoms. The van der Waals surface area contributed by atoms with E-state index in [0.717, 1.165) is 6.54 Å². The molecular weight excluding hydrogens is 238 g/mol. The van der Waals surface area contributed by atoms with Crippen molar-refractivity contribution in [2.75, 3.05) is 7.11 Å². The summed E-state index contributed by atoms with van der Waals surface area (Å²) in [5.74, 6) is -0.275. The standard InChI is InChI=1S/C16H23NO2/c1-19-16(18)14-10-8-13(9-11-14)12-17-15-6-4-2-3-5-7-15/h8-11,15,17H,2-7,12H2,1H3. The summed E-state index contributed by atoms with van der Waals surface area (Å²) in [6, 6.07) is 8.31. The summed E-state index contributed by atoms with van der Waals surface area (Å²) in [7, 11) is 1.41. The molecule has 1 fully saturated rings. The van der Waals surface area contributed by atoms with Crippen molar-refractivity contribution in [2.45, 2.75) is 51.1 Å². The van der Waals surface area contributed by atoms with E-state index in [1.165, 1.54) is 51.2 Å². The third-order valence-electron chi connectivity index (χ3n) is 3.83. The second-order valence-electron chi connectivity index (χ2n) is 5.26. The summed E-state index contributed by atoms with van der Waals surface area (Å²) in [6.07, 6.45) is 8.04. The Morgan fingerprint density at radius 3 is 2.37 bits per heavy atom. The van der Waals surface area contributed by atoms with Crippen LogP contribution in [0.1, 0.15) is 54.4 Å². The lowest BCUT2D eigenvalue weighted by atomic mass is 10.1. The lowest BCUT2D eigenvalue weighted by Crippen LogP contribution is -2.27. The van der Waals surface area contributed by atoms with Gasteiger partial charge in [0.25, 0.3) is 0 Å². The van der Waals surface area contributed by atoms with Crippen molar-refractivity contribution in [3.63, 3.8) is 0 Å². The highest BCUT2D eigenvalue weighted by Crippen LogP contribution is 2.17. The molecule has 2 rings (SSSR count). The molecule has 0 amide bonds. The van der Waals surface area contributed by atoms with Crippen LogP contribution in [0.3, 0.4) is 0 Å². The summed E-state index contributed by atoms with van der Waals surface area (Å²) in [4.78, 5) is 11.3. The van der Waals surface area contributed by atoms with Gasteiger partial charge >= 0.3 is 5.97 Å². The van der Waals surface area contributed by atoms with Crippen molar-refractivity contribution < 1.29 is 9.53 Å². The third-order valence-corrected chi connectivity index (χ3v) is 3.83. The lowest BCUT2D eigenvalue weighted by Gasteiger charge is -2.16. The topological polar surface area (TPSA) is 38.3 Å². The van der Waals surface area contributed by atoms with Gasteiger partial charge in [0.2, 0.25) is 0 Å². The van der Waals surface area contributed by atoms with Gasteiger partial charge in [-0.25, -0.2) is 4.79 Å². The Morgan fingerprint density at radius 1 is 1.16 bits per heavy atom. The maximum atomic E-state index is 11.3. The average Bonchev–Trinajstić information content (AvgIpc) is 2.73. The highest BCUT2D eigenvalue weighted by Gasteiger charge is 2.11. The van der Waals surface area contributed by atoms with Gasteiger partial charge in [0.05, 0.1) is 12.7 Å². The molecule has 0 atom stereocenters. The highest BCUT2D eigenvalue weighted by molar-refractivity contribution is 5.89. The highest BCUT2D eigenvalue weighted by atomic mass is 16.5. The van der Waals surface area contributed by atoms with Gasteiger partial charge in [0, 0.05) is 12.6 Å². The minimum absolute atomic E-state index is 0.275. The molecule has 0 unspecified atom stereocenters. The molecule has 1 aliphatic carbocycles. The molecule has 0 heterocycles. The summed E-state index contributed by atoms with van der Waals surface area (Å²) in [5, 5.41) is 3.62. The first-order chi connectivity index (χ1) is 9.29. The van der Waals surface area contributed by atoms with E-state index >= 15 is 0 Å². The van der Waals surface area contributed by atoms with Crippen molar-refractivity contribution in [3.05, 3.63) is 35.4 Å². The van der Waals surface area contributed by atoms with Gasteiger partial charge in [-0.15, -0.1) is 0 Å². The second kappa shape index (κ2) is 7.29. The summed E-state index contributed by atoms with van der Waals surface area (Å²) >= 11 is 0. The van der Waals surface area contributed by atoms with E-state index in [0.29, 0.717) is 11.6 Å². The molecule has 0 bridgehead atoms. The van der Waals surface area contributed by atoms with E-state index in [-0.39, 0.29) is 5.97 Å². The molecule has 0 aromatic heterocycles. The first kappa shape index (κ1) is 14.1. The van der Waals surface area contributed by atoms with Crippen molar-refractivity contribution >= 4 is 5.97 Å². The Bertz CT molecular complexity index is 392. The second-order valence-corrected chi connectivity index (χ2v) is 5.26. The largest absolute Gasteiger partial charge is 0.465 e. The number of hydrogen-bond donors (Lipinski definition) is 1. The number of nitrogens with one attached hydrogen (secondary N) is 1. The van der Waals surface area contributed by atoms with Crippen LogP contribution in [0.4, 0.5) is 0 Å². The van der Waals surface area contributed by atoms with Gasteiger partial charge in [-0.3, -0.25) is 0 Å². The van der Waals surface area contributed by atoms with Crippen LogP contribution in [0.5, 0.6) is 0 Å². The number of carbonyl (C=O) groups excluding carboxylic acids is 1. The fourth-order valence-corrected chi connectivity index (χ4v) is 2.62. The lowest BCUT2D eigenvalue weighted by molar-refractivity contribution is 0.0600. The van der Waals surface area contributed by atoms with Crippen molar-refractivity contribution in [2.24, 2.45) is 0 Å². The Labute approximate surface area is 115 Å². The number of ether oxygens (including phenoxy) is 1. The molecule has 1 aromatic rings. The summed E-state index contributed by atoms with van der Waals surface area (Å²) < 4.78 is 4.69. The van der Waals surface area contributed by atoms with E-state index in [2.05, 4.69) is 5.32 Å². The van der Waals surface area contributed by atoms with Gasteiger partial charge in [0.1, 0.15) is 0 Å². The smallest absolute Gasteiger partial charge is 0.337 e. The van der Waals surface area contributed by atoms with Crippen LogP contribution in [0, 0.1) is 0 Å². The average molecular weight is 261 g/mol. The Balaban J connectivity index is 1.83. The Kier molecular flexibility index (Phi) is 5.40. The maximum absolute atomic E-state index is 11.3. The predicted octanol–water partition coefficient (Wildman–Crippen LogP) is 3.29.